The van der Waals surface area contributed by atoms with Gasteiger partial charge in [0.15, 0.2) is 0 Å². The van der Waals surface area contributed by atoms with Gasteiger partial charge in [-0.3, -0.25) is 19.6 Å². The van der Waals surface area contributed by atoms with Gasteiger partial charge in [-0.05, 0) is 71.5 Å². The zero-order valence-corrected chi connectivity index (χ0v) is 19.9. The molecule has 0 unspecified atom stereocenters. The Balaban J connectivity index is 1.40. The number of hydroxylamine groups is 1. The van der Waals surface area contributed by atoms with Crippen LogP contribution in [0.25, 0.3) is 17.7 Å². The summed E-state index contributed by atoms with van der Waals surface area (Å²) in [7, 11) is 0. The molecule has 1 saturated carbocycles. The molecule has 3 aromatic carbocycles. The van der Waals surface area contributed by atoms with Crippen molar-refractivity contribution in [3.8, 4) is 0 Å². The SMILES string of the molecule is O=C(C=Cc1ccc(CNC(=O)c2ccc(C=C(C(=O)NC3CC3)c3ccc(F)cc3)cc2)cc1)NO. The van der Waals surface area contributed by atoms with Gasteiger partial charge in [0, 0.05) is 29.8 Å². The highest BCUT2D eigenvalue weighted by Crippen LogP contribution is 2.24. The summed E-state index contributed by atoms with van der Waals surface area (Å²) in [5.41, 5.74) is 5.42. The number of benzene rings is 3. The molecule has 0 atom stereocenters. The molecule has 7 nitrogen and oxygen atoms in total. The predicted octanol–water partition coefficient (Wildman–Crippen LogP) is 4.09. The Morgan fingerprint density at radius 2 is 1.49 bits per heavy atom. The molecule has 4 N–H and O–H groups in total. The molecule has 0 heterocycles. The number of carbonyl (C=O) groups is 3. The van der Waals surface area contributed by atoms with E-state index in [1.54, 1.807) is 60.7 Å². The summed E-state index contributed by atoms with van der Waals surface area (Å²) in [5, 5.41) is 14.3. The number of halogens is 1. The summed E-state index contributed by atoms with van der Waals surface area (Å²) in [6.45, 7) is 0.317. The molecular weight excluding hydrogens is 473 g/mol. The van der Waals surface area contributed by atoms with E-state index in [0.29, 0.717) is 23.2 Å². The van der Waals surface area contributed by atoms with Crippen LogP contribution < -0.4 is 16.1 Å². The third-order valence-electron chi connectivity index (χ3n) is 5.77. The molecule has 8 heteroatoms. The molecule has 0 aromatic heterocycles. The van der Waals surface area contributed by atoms with Crippen LogP contribution in [0.15, 0.2) is 78.9 Å². The lowest BCUT2D eigenvalue weighted by molar-refractivity contribution is -0.124. The van der Waals surface area contributed by atoms with E-state index < -0.39 is 5.91 Å². The second-order valence-corrected chi connectivity index (χ2v) is 8.67. The van der Waals surface area contributed by atoms with Crippen molar-refractivity contribution in [3.63, 3.8) is 0 Å². The van der Waals surface area contributed by atoms with E-state index in [4.69, 9.17) is 5.21 Å². The van der Waals surface area contributed by atoms with E-state index in [0.717, 1.165) is 29.5 Å². The smallest absolute Gasteiger partial charge is 0.267 e. The molecule has 0 spiro atoms. The summed E-state index contributed by atoms with van der Waals surface area (Å²) < 4.78 is 13.4. The molecule has 37 heavy (non-hydrogen) atoms. The number of carbonyl (C=O) groups excluding carboxylic acids is 3. The predicted molar refractivity (Wildman–Crippen MR) is 138 cm³/mol. The third-order valence-corrected chi connectivity index (χ3v) is 5.77. The Morgan fingerprint density at radius 3 is 2.11 bits per heavy atom. The first-order valence-electron chi connectivity index (χ1n) is 11.8. The van der Waals surface area contributed by atoms with Crippen LogP contribution in [0.1, 0.15) is 45.5 Å². The lowest BCUT2D eigenvalue weighted by Gasteiger charge is -2.10. The maximum Gasteiger partial charge on any atom is 0.267 e. The van der Waals surface area contributed by atoms with Crippen LogP contribution in [0.4, 0.5) is 4.39 Å². The number of amides is 3. The number of rotatable bonds is 9. The zero-order chi connectivity index (χ0) is 26.2. The molecular formula is C29H26FN3O4. The normalized spacial score (nSPS) is 13.3. The first kappa shape index (κ1) is 25.5. The van der Waals surface area contributed by atoms with Gasteiger partial charge in [0.05, 0.1) is 0 Å². The van der Waals surface area contributed by atoms with Gasteiger partial charge >= 0.3 is 0 Å². The molecule has 1 fully saturated rings. The molecule has 4 rings (SSSR count). The molecule has 3 aromatic rings. The molecule has 0 saturated heterocycles. The average Bonchev–Trinajstić information content (AvgIpc) is 3.74. The van der Waals surface area contributed by atoms with Gasteiger partial charge in [-0.15, -0.1) is 0 Å². The van der Waals surface area contributed by atoms with Gasteiger partial charge in [-0.25, -0.2) is 9.87 Å². The summed E-state index contributed by atoms with van der Waals surface area (Å²) in [5.74, 6) is -1.45. The van der Waals surface area contributed by atoms with Crippen LogP contribution in [0.3, 0.4) is 0 Å². The molecule has 0 aliphatic heterocycles. The molecule has 3 amide bonds. The van der Waals surface area contributed by atoms with Crippen LogP contribution in [0, 0.1) is 5.82 Å². The Bertz CT molecular complexity index is 1330. The van der Waals surface area contributed by atoms with Crippen LogP contribution in [-0.4, -0.2) is 29.0 Å². The molecule has 1 aliphatic rings. The highest BCUT2D eigenvalue weighted by Gasteiger charge is 2.25. The van der Waals surface area contributed by atoms with Crippen molar-refractivity contribution in [1.82, 2.24) is 16.1 Å². The third kappa shape index (κ3) is 7.46. The lowest BCUT2D eigenvalue weighted by atomic mass is 10.0. The van der Waals surface area contributed by atoms with Crippen molar-refractivity contribution < 1.29 is 24.0 Å². The first-order valence-corrected chi connectivity index (χ1v) is 11.8. The highest BCUT2D eigenvalue weighted by molar-refractivity contribution is 6.24. The van der Waals surface area contributed by atoms with E-state index in [-0.39, 0.29) is 23.7 Å². The summed E-state index contributed by atoms with van der Waals surface area (Å²) in [6.07, 6.45) is 6.40. The van der Waals surface area contributed by atoms with Crippen LogP contribution in [0.2, 0.25) is 0 Å². The largest absolute Gasteiger partial charge is 0.349 e. The standard InChI is InChI=1S/C29H26FN3O4/c30-24-12-10-22(11-13-24)26(29(36)32-25-14-15-25)17-20-5-8-23(9-6-20)28(35)31-18-21-3-1-19(2-4-21)7-16-27(34)33-37/h1-13,16-17,25,37H,14-15,18H2,(H,31,35)(H,32,36)(H,33,34). The lowest BCUT2D eigenvalue weighted by Crippen LogP contribution is -2.26. The molecule has 0 bridgehead atoms. The van der Waals surface area contributed by atoms with Crippen LogP contribution in [0.5, 0.6) is 0 Å². The highest BCUT2D eigenvalue weighted by atomic mass is 19.1. The maximum absolute atomic E-state index is 13.4. The number of hydrogen-bond donors (Lipinski definition) is 4. The topological polar surface area (TPSA) is 108 Å². The number of hydrogen-bond acceptors (Lipinski definition) is 4. The van der Waals surface area contributed by atoms with Crippen molar-refractivity contribution in [2.45, 2.75) is 25.4 Å². The van der Waals surface area contributed by atoms with Gasteiger partial charge in [0.2, 0.25) is 0 Å². The fourth-order valence-electron chi connectivity index (χ4n) is 3.54. The van der Waals surface area contributed by atoms with E-state index in [2.05, 4.69) is 10.6 Å². The van der Waals surface area contributed by atoms with Crippen LogP contribution in [-0.2, 0) is 16.1 Å². The zero-order valence-electron chi connectivity index (χ0n) is 19.9. The van der Waals surface area contributed by atoms with Gasteiger partial charge < -0.3 is 10.6 Å². The second-order valence-electron chi connectivity index (χ2n) is 8.67. The summed E-state index contributed by atoms with van der Waals surface area (Å²) in [6, 6.07) is 20.1. The second kappa shape index (κ2) is 11.9. The minimum absolute atomic E-state index is 0.183. The number of nitrogens with one attached hydrogen (secondary N) is 3. The van der Waals surface area contributed by atoms with Gasteiger partial charge in [0.1, 0.15) is 5.82 Å². The Kier molecular flexibility index (Phi) is 8.22. The minimum atomic E-state index is -0.619. The van der Waals surface area contributed by atoms with Crippen molar-refractivity contribution in [1.29, 1.82) is 0 Å². The first-order chi connectivity index (χ1) is 17.9. The Hall–Kier alpha value is -4.56. The monoisotopic (exact) mass is 499 g/mol. The fraction of sp³-hybridized carbons (Fsp3) is 0.138. The van der Waals surface area contributed by atoms with E-state index in [9.17, 15) is 18.8 Å². The van der Waals surface area contributed by atoms with Crippen molar-refractivity contribution >= 4 is 35.4 Å². The average molecular weight is 500 g/mol. The van der Waals surface area contributed by atoms with Crippen molar-refractivity contribution in [3.05, 3.63) is 113 Å². The van der Waals surface area contributed by atoms with Crippen molar-refractivity contribution in [2.75, 3.05) is 0 Å². The fourth-order valence-corrected chi connectivity index (χ4v) is 3.54. The summed E-state index contributed by atoms with van der Waals surface area (Å²) in [4.78, 5) is 36.5. The maximum atomic E-state index is 13.4. The molecule has 188 valence electrons. The Morgan fingerprint density at radius 1 is 0.865 bits per heavy atom. The molecule has 1 aliphatic carbocycles. The van der Waals surface area contributed by atoms with Gasteiger partial charge in [-0.2, -0.15) is 0 Å². The van der Waals surface area contributed by atoms with E-state index in [1.165, 1.54) is 23.7 Å². The van der Waals surface area contributed by atoms with E-state index in [1.807, 2.05) is 12.1 Å². The minimum Gasteiger partial charge on any atom is -0.349 e. The van der Waals surface area contributed by atoms with Gasteiger partial charge in [-0.1, -0.05) is 48.5 Å². The van der Waals surface area contributed by atoms with Crippen molar-refractivity contribution in [2.24, 2.45) is 0 Å². The van der Waals surface area contributed by atoms with E-state index >= 15 is 0 Å². The quantitative estimate of drug-likeness (QED) is 0.154. The Labute approximate surface area is 213 Å². The summed E-state index contributed by atoms with van der Waals surface area (Å²) >= 11 is 0. The molecule has 0 radical (unpaired) electrons. The van der Waals surface area contributed by atoms with Crippen LogP contribution >= 0.6 is 0 Å². The van der Waals surface area contributed by atoms with Gasteiger partial charge in [0.25, 0.3) is 17.7 Å².